The number of amides is 1. The number of fused-ring (bicyclic) bond motifs is 1. The summed E-state index contributed by atoms with van der Waals surface area (Å²) in [4.78, 5) is 26.5. The second-order valence-electron chi connectivity index (χ2n) is 7.77. The van der Waals surface area contributed by atoms with Crippen molar-refractivity contribution in [1.29, 1.82) is 0 Å². The van der Waals surface area contributed by atoms with E-state index in [1.54, 1.807) is 31.4 Å². The summed E-state index contributed by atoms with van der Waals surface area (Å²) in [5.74, 6) is 0.460. The highest BCUT2D eigenvalue weighted by Crippen LogP contribution is 2.29. The van der Waals surface area contributed by atoms with Crippen molar-refractivity contribution >= 4 is 11.6 Å². The van der Waals surface area contributed by atoms with Gasteiger partial charge in [0.2, 0.25) is 5.91 Å². The number of methoxy groups -OCH3 is 1. The van der Waals surface area contributed by atoms with Gasteiger partial charge in [-0.3, -0.25) is 9.59 Å². The standard InChI is InChI=1S/C25H27N3O3/c1-3-22(24(29)26-18-13-15-19(31-2)16-14-18)28-25(30)21-12-8-7-11-20(21)23(27-28)17-9-5-4-6-10-17/h4-6,9-10,13-16,22H,3,7-8,11-12H2,1-2H3,(H,26,29)/t22-/m1/s1. The molecule has 0 spiro atoms. The van der Waals surface area contributed by atoms with Crippen LogP contribution in [0.5, 0.6) is 5.75 Å². The molecule has 1 heterocycles. The van der Waals surface area contributed by atoms with Crippen LogP contribution >= 0.6 is 0 Å². The fourth-order valence-corrected chi connectivity index (χ4v) is 4.16. The smallest absolute Gasteiger partial charge is 0.271 e. The van der Waals surface area contributed by atoms with E-state index < -0.39 is 6.04 Å². The molecule has 3 aromatic rings. The van der Waals surface area contributed by atoms with Crippen LogP contribution in [0.15, 0.2) is 59.4 Å². The number of nitrogens with zero attached hydrogens (tertiary/aromatic N) is 2. The van der Waals surface area contributed by atoms with Gasteiger partial charge in [-0.25, -0.2) is 4.68 Å². The Morgan fingerprint density at radius 3 is 2.39 bits per heavy atom. The SMILES string of the molecule is CC[C@H](C(=O)Nc1ccc(OC)cc1)n1nc(-c2ccccc2)c2c(c1=O)CCCC2. The Hall–Kier alpha value is -3.41. The summed E-state index contributed by atoms with van der Waals surface area (Å²) in [6.45, 7) is 1.90. The number of nitrogens with one attached hydrogen (secondary N) is 1. The van der Waals surface area contributed by atoms with Crippen molar-refractivity contribution in [2.24, 2.45) is 0 Å². The van der Waals surface area contributed by atoms with Gasteiger partial charge in [0.05, 0.1) is 12.8 Å². The van der Waals surface area contributed by atoms with Gasteiger partial charge in [0, 0.05) is 16.8 Å². The number of hydrogen-bond donors (Lipinski definition) is 1. The summed E-state index contributed by atoms with van der Waals surface area (Å²) in [6, 6.07) is 16.3. The fraction of sp³-hybridized carbons (Fsp3) is 0.320. The van der Waals surface area contributed by atoms with Gasteiger partial charge in [-0.2, -0.15) is 5.10 Å². The zero-order chi connectivity index (χ0) is 21.8. The van der Waals surface area contributed by atoms with E-state index in [0.717, 1.165) is 48.1 Å². The second kappa shape index (κ2) is 9.16. The lowest BCUT2D eigenvalue weighted by Crippen LogP contribution is -2.38. The van der Waals surface area contributed by atoms with Gasteiger partial charge in [-0.1, -0.05) is 37.3 Å². The molecule has 1 aliphatic rings. The lowest BCUT2D eigenvalue weighted by Gasteiger charge is -2.23. The largest absolute Gasteiger partial charge is 0.497 e. The molecule has 0 saturated heterocycles. The van der Waals surface area contributed by atoms with Gasteiger partial charge in [-0.15, -0.1) is 0 Å². The second-order valence-corrected chi connectivity index (χ2v) is 7.77. The highest BCUT2D eigenvalue weighted by Gasteiger charge is 2.27. The molecular weight excluding hydrogens is 390 g/mol. The van der Waals surface area contributed by atoms with Crippen LogP contribution in [-0.2, 0) is 17.6 Å². The van der Waals surface area contributed by atoms with Crippen molar-refractivity contribution in [3.63, 3.8) is 0 Å². The van der Waals surface area contributed by atoms with Crippen LogP contribution in [0.25, 0.3) is 11.3 Å². The van der Waals surface area contributed by atoms with E-state index in [1.165, 1.54) is 4.68 Å². The minimum Gasteiger partial charge on any atom is -0.497 e. The maximum absolute atomic E-state index is 13.3. The van der Waals surface area contributed by atoms with E-state index in [9.17, 15) is 9.59 Å². The van der Waals surface area contributed by atoms with Crippen LogP contribution in [0, 0.1) is 0 Å². The average molecular weight is 418 g/mol. The van der Waals surface area contributed by atoms with Crippen LogP contribution in [-0.4, -0.2) is 22.8 Å². The summed E-state index contributed by atoms with van der Waals surface area (Å²) < 4.78 is 6.56. The molecule has 160 valence electrons. The molecule has 0 aliphatic heterocycles. The van der Waals surface area contributed by atoms with E-state index in [4.69, 9.17) is 9.84 Å². The van der Waals surface area contributed by atoms with E-state index in [-0.39, 0.29) is 11.5 Å². The monoisotopic (exact) mass is 417 g/mol. The van der Waals surface area contributed by atoms with Crippen molar-refractivity contribution in [2.75, 3.05) is 12.4 Å². The molecule has 1 N–H and O–H groups in total. The van der Waals surface area contributed by atoms with E-state index in [2.05, 4.69) is 5.32 Å². The molecule has 6 heteroatoms. The topological polar surface area (TPSA) is 73.2 Å². The Balaban J connectivity index is 1.74. The Morgan fingerprint density at radius 1 is 1.06 bits per heavy atom. The first kappa shape index (κ1) is 20.8. The average Bonchev–Trinajstić information content (AvgIpc) is 2.82. The minimum atomic E-state index is -0.690. The van der Waals surface area contributed by atoms with Crippen LogP contribution in [0.3, 0.4) is 0 Å². The van der Waals surface area contributed by atoms with Gasteiger partial charge >= 0.3 is 0 Å². The van der Waals surface area contributed by atoms with Gasteiger partial charge < -0.3 is 10.1 Å². The molecule has 0 saturated carbocycles. The quantitative estimate of drug-likeness (QED) is 0.646. The lowest BCUT2D eigenvalue weighted by molar-refractivity contribution is -0.119. The molecule has 0 unspecified atom stereocenters. The van der Waals surface area contributed by atoms with Gasteiger partial charge in [0.15, 0.2) is 0 Å². The highest BCUT2D eigenvalue weighted by molar-refractivity contribution is 5.93. The molecule has 0 radical (unpaired) electrons. The van der Waals surface area contributed by atoms with Crippen LogP contribution in [0.1, 0.15) is 43.4 Å². The van der Waals surface area contributed by atoms with E-state index in [0.29, 0.717) is 17.9 Å². The molecule has 0 bridgehead atoms. The third kappa shape index (κ3) is 4.24. The first-order valence-electron chi connectivity index (χ1n) is 10.8. The summed E-state index contributed by atoms with van der Waals surface area (Å²) in [7, 11) is 1.60. The van der Waals surface area contributed by atoms with E-state index in [1.807, 2.05) is 37.3 Å². The third-order valence-corrected chi connectivity index (χ3v) is 5.82. The van der Waals surface area contributed by atoms with Gasteiger partial charge in [0.25, 0.3) is 5.56 Å². The normalized spacial score (nSPS) is 13.9. The molecule has 2 aromatic carbocycles. The van der Waals surface area contributed by atoms with E-state index >= 15 is 0 Å². The molecule has 31 heavy (non-hydrogen) atoms. The number of hydrogen-bond acceptors (Lipinski definition) is 4. The van der Waals surface area contributed by atoms with Crippen molar-refractivity contribution in [2.45, 2.75) is 45.1 Å². The number of carbonyl (C=O) groups excluding carboxylic acids is 1. The molecule has 1 atom stereocenters. The van der Waals surface area contributed by atoms with Crippen molar-refractivity contribution in [1.82, 2.24) is 9.78 Å². The first-order chi connectivity index (χ1) is 15.1. The van der Waals surface area contributed by atoms with Gasteiger partial charge in [0.1, 0.15) is 11.8 Å². The Labute approximate surface area is 181 Å². The summed E-state index contributed by atoms with van der Waals surface area (Å²) in [5.41, 5.74) is 4.12. The zero-order valence-corrected chi connectivity index (χ0v) is 17.9. The van der Waals surface area contributed by atoms with Crippen LogP contribution < -0.4 is 15.6 Å². The predicted octanol–water partition coefficient (Wildman–Crippen LogP) is 4.39. The van der Waals surface area contributed by atoms with Gasteiger partial charge in [-0.05, 0) is 61.9 Å². The maximum atomic E-state index is 13.3. The lowest BCUT2D eigenvalue weighted by atomic mass is 9.89. The molecule has 1 aromatic heterocycles. The van der Waals surface area contributed by atoms with Crippen molar-refractivity contribution in [3.8, 4) is 17.0 Å². The van der Waals surface area contributed by atoms with Crippen molar-refractivity contribution < 1.29 is 9.53 Å². The summed E-state index contributed by atoms with van der Waals surface area (Å²) >= 11 is 0. The number of aromatic nitrogens is 2. The van der Waals surface area contributed by atoms with Crippen LogP contribution in [0.4, 0.5) is 5.69 Å². The summed E-state index contributed by atoms with van der Waals surface area (Å²) in [5, 5.41) is 7.66. The Morgan fingerprint density at radius 2 is 1.74 bits per heavy atom. The third-order valence-electron chi connectivity index (χ3n) is 5.82. The Kier molecular flexibility index (Phi) is 6.16. The fourth-order valence-electron chi connectivity index (χ4n) is 4.16. The van der Waals surface area contributed by atoms with Crippen molar-refractivity contribution in [3.05, 3.63) is 76.1 Å². The zero-order valence-electron chi connectivity index (χ0n) is 17.9. The number of ether oxygens (including phenoxy) is 1. The number of anilines is 1. The molecule has 0 fully saturated rings. The molecular formula is C25H27N3O3. The number of carbonyl (C=O) groups is 1. The minimum absolute atomic E-state index is 0.147. The molecule has 6 nitrogen and oxygen atoms in total. The first-order valence-corrected chi connectivity index (χ1v) is 10.8. The molecule has 1 aliphatic carbocycles. The molecule has 1 amide bonds. The molecule has 4 rings (SSSR count). The highest BCUT2D eigenvalue weighted by atomic mass is 16.5. The Bertz CT molecular complexity index is 1120. The maximum Gasteiger partial charge on any atom is 0.271 e. The predicted molar refractivity (Wildman–Crippen MR) is 122 cm³/mol. The number of rotatable bonds is 6. The summed E-state index contributed by atoms with van der Waals surface area (Å²) in [6.07, 6.45) is 4.06. The van der Waals surface area contributed by atoms with Crippen LogP contribution in [0.2, 0.25) is 0 Å². The number of benzene rings is 2.